The molecule has 0 bridgehead atoms. The van der Waals surface area contributed by atoms with Crippen molar-refractivity contribution in [3.63, 3.8) is 0 Å². The van der Waals surface area contributed by atoms with E-state index in [9.17, 15) is 0 Å². The van der Waals surface area contributed by atoms with Crippen LogP contribution in [-0.4, -0.2) is 24.7 Å². The minimum Gasteiger partial charge on any atom is -0.380 e. The molecule has 1 atom stereocenters. The van der Waals surface area contributed by atoms with Crippen molar-refractivity contribution in [2.75, 3.05) is 19.8 Å². The van der Waals surface area contributed by atoms with Crippen molar-refractivity contribution in [1.29, 1.82) is 0 Å². The summed E-state index contributed by atoms with van der Waals surface area (Å²) in [7, 11) is 0. The highest BCUT2D eigenvalue weighted by molar-refractivity contribution is 5.27. The molecule has 1 heterocycles. The molecule has 0 aromatic carbocycles. The summed E-state index contributed by atoms with van der Waals surface area (Å²) in [6, 6.07) is 4.64. The monoisotopic (exact) mass is 234 g/mol. The standard InChI is InChI=1S/C14H22N2O/c1-2-3-10-17-11-9-15-13-7-6-12-5-4-8-16-14(12)13/h4-5,8,13,15H,2-3,6-7,9-11H2,1H3. The fraction of sp³-hybridized carbons (Fsp3) is 0.643. The summed E-state index contributed by atoms with van der Waals surface area (Å²) in [5, 5.41) is 3.53. The highest BCUT2D eigenvalue weighted by Crippen LogP contribution is 2.28. The van der Waals surface area contributed by atoms with Gasteiger partial charge in [0, 0.05) is 19.3 Å². The van der Waals surface area contributed by atoms with E-state index in [1.165, 1.54) is 24.1 Å². The Labute approximate surface area is 104 Å². The average molecular weight is 234 g/mol. The second-order valence-electron chi connectivity index (χ2n) is 4.56. The number of hydrogen-bond acceptors (Lipinski definition) is 3. The molecule has 3 heteroatoms. The maximum absolute atomic E-state index is 5.54. The molecule has 1 N–H and O–H groups in total. The van der Waals surface area contributed by atoms with Crippen LogP contribution in [0.4, 0.5) is 0 Å². The van der Waals surface area contributed by atoms with Gasteiger partial charge >= 0.3 is 0 Å². The Bertz CT molecular complexity index is 341. The maximum atomic E-state index is 5.54. The zero-order valence-electron chi connectivity index (χ0n) is 10.6. The molecule has 1 aromatic heterocycles. The molecule has 2 rings (SSSR count). The van der Waals surface area contributed by atoms with Gasteiger partial charge in [-0.05, 0) is 30.9 Å². The molecule has 0 saturated carbocycles. The number of nitrogens with one attached hydrogen (secondary N) is 1. The number of fused-ring (bicyclic) bond motifs is 1. The first-order chi connectivity index (χ1) is 8.42. The Balaban J connectivity index is 1.68. The van der Waals surface area contributed by atoms with Gasteiger partial charge in [0.1, 0.15) is 0 Å². The third-order valence-electron chi connectivity index (χ3n) is 3.24. The lowest BCUT2D eigenvalue weighted by Gasteiger charge is -2.13. The molecule has 0 amide bonds. The number of hydrogen-bond donors (Lipinski definition) is 1. The number of aromatic nitrogens is 1. The SMILES string of the molecule is CCCCOCCNC1CCc2cccnc21. The maximum Gasteiger partial charge on any atom is 0.0605 e. The number of aryl methyl sites for hydroxylation is 1. The van der Waals surface area contributed by atoms with Gasteiger partial charge in [-0.25, -0.2) is 0 Å². The molecule has 0 saturated heterocycles. The summed E-state index contributed by atoms with van der Waals surface area (Å²) in [6.45, 7) is 4.80. The number of rotatable bonds is 7. The Morgan fingerprint density at radius 3 is 3.29 bits per heavy atom. The molecule has 0 spiro atoms. The largest absolute Gasteiger partial charge is 0.380 e. The lowest BCUT2D eigenvalue weighted by Crippen LogP contribution is -2.24. The molecular formula is C14H22N2O. The summed E-state index contributed by atoms with van der Waals surface area (Å²) >= 11 is 0. The van der Waals surface area contributed by atoms with Gasteiger partial charge in [0.25, 0.3) is 0 Å². The van der Waals surface area contributed by atoms with Crippen molar-refractivity contribution >= 4 is 0 Å². The summed E-state index contributed by atoms with van der Waals surface area (Å²) in [5.74, 6) is 0. The fourth-order valence-corrected chi connectivity index (χ4v) is 2.27. The zero-order chi connectivity index (χ0) is 11.9. The molecule has 0 radical (unpaired) electrons. The van der Waals surface area contributed by atoms with Crippen LogP contribution in [0.1, 0.15) is 43.5 Å². The Morgan fingerprint density at radius 2 is 2.41 bits per heavy atom. The van der Waals surface area contributed by atoms with Crippen LogP contribution in [0.5, 0.6) is 0 Å². The van der Waals surface area contributed by atoms with Crippen LogP contribution < -0.4 is 5.32 Å². The summed E-state index contributed by atoms with van der Waals surface area (Å²) < 4.78 is 5.54. The molecule has 94 valence electrons. The number of nitrogens with zero attached hydrogens (tertiary/aromatic N) is 1. The van der Waals surface area contributed by atoms with Gasteiger partial charge in [-0.1, -0.05) is 19.4 Å². The zero-order valence-corrected chi connectivity index (χ0v) is 10.6. The number of pyridine rings is 1. The molecule has 1 aliphatic carbocycles. The first-order valence-corrected chi connectivity index (χ1v) is 6.66. The second kappa shape index (κ2) is 6.72. The van der Waals surface area contributed by atoms with Gasteiger partial charge in [0.2, 0.25) is 0 Å². The van der Waals surface area contributed by atoms with Gasteiger partial charge in [0.15, 0.2) is 0 Å². The smallest absolute Gasteiger partial charge is 0.0605 e. The normalized spacial score (nSPS) is 18.3. The minimum absolute atomic E-state index is 0.431. The van der Waals surface area contributed by atoms with E-state index in [-0.39, 0.29) is 0 Å². The molecular weight excluding hydrogens is 212 g/mol. The summed E-state index contributed by atoms with van der Waals surface area (Å²) in [6.07, 6.45) is 6.57. The molecule has 1 aromatic rings. The summed E-state index contributed by atoms with van der Waals surface area (Å²) in [4.78, 5) is 4.47. The predicted octanol–water partition coefficient (Wildman–Crippen LogP) is 2.48. The fourth-order valence-electron chi connectivity index (χ4n) is 2.27. The average Bonchev–Trinajstić information content (AvgIpc) is 2.77. The molecule has 17 heavy (non-hydrogen) atoms. The lowest BCUT2D eigenvalue weighted by atomic mass is 10.2. The highest BCUT2D eigenvalue weighted by Gasteiger charge is 2.22. The third kappa shape index (κ3) is 3.51. The van der Waals surface area contributed by atoms with Crippen molar-refractivity contribution in [3.05, 3.63) is 29.6 Å². The first-order valence-electron chi connectivity index (χ1n) is 6.66. The van der Waals surface area contributed by atoms with Crippen LogP contribution in [0.25, 0.3) is 0 Å². The van der Waals surface area contributed by atoms with Gasteiger partial charge in [0.05, 0.1) is 18.3 Å². The van der Waals surface area contributed by atoms with Gasteiger partial charge in [-0.2, -0.15) is 0 Å². The molecule has 1 aliphatic rings. The van der Waals surface area contributed by atoms with Crippen LogP contribution in [-0.2, 0) is 11.2 Å². The predicted molar refractivity (Wildman–Crippen MR) is 69.0 cm³/mol. The molecule has 1 unspecified atom stereocenters. The van der Waals surface area contributed by atoms with Crippen molar-refractivity contribution in [1.82, 2.24) is 10.3 Å². The Kier molecular flexibility index (Phi) is 4.95. The van der Waals surface area contributed by atoms with E-state index in [0.717, 1.165) is 32.6 Å². The van der Waals surface area contributed by atoms with Gasteiger partial charge < -0.3 is 10.1 Å². The van der Waals surface area contributed by atoms with Crippen LogP contribution in [0, 0.1) is 0 Å². The van der Waals surface area contributed by atoms with E-state index in [4.69, 9.17) is 4.74 Å². The van der Waals surface area contributed by atoms with E-state index in [0.29, 0.717) is 6.04 Å². The van der Waals surface area contributed by atoms with Crippen LogP contribution in [0.15, 0.2) is 18.3 Å². The van der Waals surface area contributed by atoms with E-state index in [1.807, 2.05) is 12.3 Å². The molecule has 0 fully saturated rings. The lowest BCUT2D eigenvalue weighted by molar-refractivity contribution is 0.131. The quantitative estimate of drug-likeness (QED) is 0.736. The Morgan fingerprint density at radius 1 is 1.47 bits per heavy atom. The van der Waals surface area contributed by atoms with Crippen molar-refractivity contribution in [2.24, 2.45) is 0 Å². The first kappa shape index (κ1) is 12.5. The number of unbranched alkanes of at least 4 members (excludes halogenated alkanes) is 1. The number of ether oxygens (including phenoxy) is 1. The van der Waals surface area contributed by atoms with Crippen molar-refractivity contribution in [3.8, 4) is 0 Å². The second-order valence-corrected chi connectivity index (χ2v) is 4.56. The van der Waals surface area contributed by atoms with Crippen LogP contribution >= 0.6 is 0 Å². The van der Waals surface area contributed by atoms with Crippen molar-refractivity contribution in [2.45, 2.75) is 38.6 Å². The topological polar surface area (TPSA) is 34.1 Å². The van der Waals surface area contributed by atoms with Crippen LogP contribution in [0.2, 0.25) is 0 Å². The Hall–Kier alpha value is -0.930. The van der Waals surface area contributed by atoms with Gasteiger partial charge in [-0.15, -0.1) is 0 Å². The van der Waals surface area contributed by atoms with E-state index < -0.39 is 0 Å². The summed E-state index contributed by atoms with van der Waals surface area (Å²) in [5.41, 5.74) is 2.64. The van der Waals surface area contributed by atoms with Crippen LogP contribution in [0.3, 0.4) is 0 Å². The molecule has 0 aliphatic heterocycles. The van der Waals surface area contributed by atoms with E-state index in [1.54, 1.807) is 0 Å². The van der Waals surface area contributed by atoms with Gasteiger partial charge in [-0.3, -0.25) is 4.98 Å². The molecule has 3 nitrogen and oxygen atoms in total. The van der Waals surface area contributed by atoms with E-state index in [2.05, 4.69) is 23.3 Å². The minimum atomic E-state index is 0.431. The van der Waals surface area contributed by atoms with Crippen molar-refractivity contribution < 1.29 is 4.74 Å². The highest BCUT2D eigenvalue weighted by atomic mass is 16.5. The van der Waals surface area contributed by atoms with E-state index >= 15 is 0 Å². The third-order valence-corrected chi connectivity index (χ3v) is 3.24.